The third kappa shape index (κ3) is 5.72. The number of amides is 1. The van der Waals surface area contributed by atoms with Crippen LogP contribution in [-0.4, -0.2) is 30.0 Å². The van der Waals surface area contributed by atoms with Crippen molar-refractivity contribution < 1.29 is 9.53 Å². The number of likely N-dealkylation sites (tertiary alicyclic amines) is 1. The zero-order chi connectivity index (χ0) is 19.1. The largest absolute Gasteiger partial charge is 0.479 e. The highest BCUT2D eigenvalue weighted by Crippen LogP contribution is 2.24. The predicted molar refractivity (Wildman–Crippen MR) is 109 cm³/mol. The molecule has 0 bridgehead atoms. The smallest absolute Gasteiger partial charge is 0.261 e. The number of halogens is 1. The van der Waals surface area contributed by atoms with E-state index >= 15 is 0 Å². The molecular weight excluding hydrogens is 360 g/mol. The summed E-state index contributed by atoms with van der Waals surface area (Å²) in [5, 5.41) is 3.49. The first kappa shape index (κ1) is 19.7. The first-order chi connectivity index (χ1) is 13.1. The minimum atomic E-state index is -0.612. The summed E-state index contributed by atoms with van der Waals surface area (Å²) in [6.07, 6.45) is 3.27. The second-order valence-corrected chi connectivity index (χ2v) is 7.42. The zero-order valence-corrected chi connectivity index (χ0v) is 16.5. The summed E-state index contributed by atoms with van der Waals surface area (Å²) in [4.78, 5) is 14.9. The molecule has 0 aromatic heterocycles. The first-order valence-corrected chi connectivity index (χ1v) is 9.99. The fourth-order valence-corrected chi connectivity index (χ4v) is 3.53. The molecule has 1 heterocycles. The summed E-state index contributed by atoms with van der Waals surface area (Å²) in [7, 11) is 0. The van der Waals surface area contributed by atoms with Gasteiger partial charge in [0.1, 0.15) is 5.75 Å². The maximum Gasteiger partial charge on any atom is 0.261 e. The van der Waals surface area contributed by atoms with Gasteiger partial charge in [0.2, 0.25) is 0 Å². The lowest BCUT2D eigenvalue weighted by atomic mass is 10.0. The lowest BCUT2D eigenvalue weighted by molar-refractivity contribution is -0.127. The van der Waals surface area contributed by atoms with E-state index in [0.29, 0.717) is 17.3 Å². The van der Waals surface area contributed by atoms with E-state index in [1.165, 1.54) is 24.8 Å². The van der Waals surface area contributed by atoms with Gasteiger partial charge in [-0.1, -0.05) is 54.4 Å². The van der Waals surface area contributed by atoms with Gasteiger partial charge in [-0.05, 0) is 56.1 Å². The number of benzene rings is 2. The summed E-state index contributed by atoms with van der Waals surface area (Å²) < 4.78 is 5.69. The molecule has 5 heteroatoms. The Balaban J connectivity index is 1.56. The number of rotatable bonds is 7. The number of hydrogen-bond acceptors (Lipinski definition) is 3. The van der Waals surface area contributed by atoms with Crippen LogP contribution in [0.3, 0.4) is 0 Å². The molecule has 3 rings (SSSR count). The number of carbonyl (C=O) groups excluding carboxylic acids is 1. The zero-order valence-electron chi connectivity index (χ0n) is 15.8. The van der Waals surface area contributed by atoms with Gasteiger partial charge in [0.05, 0.1) is 5.02 Å². The maximum absolute atomic E-state index is 12.4. The molecular formula is C22H27ClN2O2. The van der Waals surface area contributed by atoms with Crippen LogP contribution in [0, 0.1) is 0 Å². The lowest BCUT2D eigenvalue weighted by Gasteiger charge is -2.27. The molecule has 1 aliphatic rings. The van der Waals surface area contributed by atoms with Crippen LogP contribution in [-0.2, 0) is 17.9 Å². The number of hydrogen-bond donors (Lipinski definition) is 1. The number of nitrogens with one attached hydrogen (secondary N) is 1. The van der Waals surface area contributed by atoms with Crippen molar-refractivity contribution >= 4 is 17.5 Å². The number of piperidine rings is 1. The van der Waals surface area contributed by atoms with Crippen molar-refractivity contribution in [3.8, 4) is 5.75 Å². The van der Waals surface area contributed by atoms with Crippen LogP contribution in [0.4, 0.5) is 0 Å². The van der Waals surface area contributed by atoms with Crippen LogP contribution >= 0.6 is 11.6 Å². The van der Waals surface area contributed by atoms with Gasteiger partial charge in [0.25, 0.3) is 5.91 Å². The SMILES string of the molecule is C[C@@H](Oc1ccccc1Cl)C(=O)NCc1ccccc1CN1CCCCC1. The van der Waals surface area contributed by atoms with Gasteiger partial charge in [-0.25, -0.2) is 0 Å². The molecule has 0 unspecified atom stereocenters. The Bertz CT molecular complexity index is 759. The molecule has 0 spiro atoms. The normalized spacial score (nSPS) is 15.9. The molecule has 2 aromatic rings. The average molecular weight is 387 g/mol. The van der Waals surface area contributed by atoms with Crippen LogP contribution in [0.15, 0.2) is 48.5 Å². The van der Waals surface area contributed by atoms with Crippen LogP contribution in [0.25, 0.3) is 0 Å². The summed E-state index contributed by atoms with van der Waals surface area (Å²) in [6, 6.07) is 15.5. The van der Waals surface area contributed by atoms with E-state index in [1.54, 1.807) is 19.1 Å². The van der Waals surface area contributed by atoms with Gasteiger partial charge in [0.15, 0.2) is 6.10 Å². The third-order valence-corrected chi connectivity index (χ3v) is 5.24. The minimum absolute atomic E-state index is 0.150. The van der Waals surface area contributed by atoms with Crippen molar-refractivity contribution in [2.75, 3.05) is 13.1 Å². The van der Waals surface area contributed by atoms with E-state index in [9.17, 15) is 4.79 Å². The maximum atomic E-state index is 12.4. The molecule has 1 amide bonds. The first-order valence-electron chi connectivity index (χ1n) is 9.61. The summed E-state index contributed by atoms with van der Waals surface area (Å²) in [5.74, 6) is 0.370. The Morgan fingerprint density at radius 1 is 1.07 bits per heavy atom. The molecule has 0 aliphatic carbocycles. The summed E-state index contributed by atoms with van der Waals surface area (Å²) in [5.41, 5.74) is 2.43. The van der Waals surface area contributed by atoms with Gasteiger partial charge in [-0.3, -0.25) is 9.69 Å². The van der Waals surface area contributed by atoms with Crippen LogP contribution in [0.1, 0.15) is 37.3 Å². The van der Waals surface area contributed by atoms with Gasteiger partial charge in [-0.2, -0.15) is 0 Å². The highest BCUT2D eigenvalue weighted by atomic mass is 35.5. The van der Waals surface area contributed by atoms with Crippen molar-refractivity contribution in [1.82, 2.24) is 10.2 Å². The van der Waals surface area contributed by atoms with Crippen LogP contribution < -0.4 is 10.1 Å². The van der Waals surface area contributed by atoms with Gasteiger partial charge >= 0.3 is 0 Å². The third-order valence-electron chi connectivity index (χ3n) is 4.92. The highest BCUT2D eigenvalue weighted by Gasteiger charge is 2.17. The standard InChI is InChI=1S/C22H27ClN2O2/c1-17(27-21-12-6-5-11-20(21)23)22(26)24-15-18-9-3-4-10-19(18)16-25-13-7-2-8-14-25/h3-6,9-12,17H,2,7-8,13-16H2,1H3,(H,24,26)/t17-/m1/s1. The molecule has 144 valence electrons. The second kappa shape index (κ2) is 9.77. The summed E-state index contributed by atoms with van der Waals surface area (Å²) >= 11 is 6.10. The molecule has 1 saturated heterocycles. The molecule has 4 nitrogen and oxygen atoms in total. The van der Waals surface area contributed by atoms with E-state index < -0.39 is 6.10 Å². The molecule has 2 aromatic carbocycles. The van der Waals surface area contributed by atoms with E-state index in [0.717, 1.165) is 25.2 Å². The second-order valence-electron chi connectivity index (χ2n) is 7.01. The Labute approximate surface area is 166 Å². The summed E-state index contributed by atoms with van der Waals surface area (Å²) in [6.45, 7) is 5.49. The monoisotopic (exact) mass is 386 g/mol. The molecule has 1 N–H and O–H groups in total. The Morgan fingerprint density at radius 3 is 2.48 bits per heavy atom. The van der Waals surface area contributed by atoms with Gasteiger partial charge in [0, 0.05) is 13.1 Å². The fraction of sp³-hybridized carbons (Fsp3) is 0.409. The van der Waals surface area contributed by atoms with Crippen molar-refractivity contribution in [1.29, 1.82) is 0 Å². The number of para-hydroxylation sites is 1. The average Bonchev–Trinajstić information content (AvgIpc) is 2.69. The quantitative estimate of drug-likeness (QED) is 0.766. The molecule has 0 radical (unpaired) electrons. The van der Waals surface area contributed by atoms with Crippen molar-refractivity contribution in [2.24, 2.45) is 0 Å². The predicted octanol–water partition coefficient (Wildman–Crippen LogP) is 4.41. The van der Waals surface area contributed by atoms with Crippen LogP contribution in [0.2, 0.25) is 5.02 Å². The highest BCUT2D eigenvalue weighted by molar-refractivity contribution is 6.32. The molecule has 1 fully saturated rings. The minimum Gasteiger partial charge on any atom is -0.479 e. The van der Waals surface area contributed by atoms with E-state index in [1.807, 2.05) is 18.2 Å². The Hall–Kier alpha value is -2.04. The van der Waals surface area contributed by atoms with Gasteiger partial charge < -0.3 is 10.1 Å². The number of nitrogens with zero attached hydrogens (tertiary/aromatic N) is 1. The lowest BCUT2D eigenvalue weighted by Crippen LogP contribution is -2.36. The van der Waals surface area contributed by atoms with E-state index in [-0.39, 0.29) is 5.91 Å². The van der Waals surface area contributed by atoms with Crippen molar-refractivity contribution in [2.45, 2.75) is 45.4 Å². The molecule has 1 aliphatic heterocycles. The van der Waals surface area contributed by atoms with Crippen LogP contribution in [0.5, 0.6) is 5.75 Å². The molecule has 0 saturated carbocycles. The fourth-order valence-electron chi connectivity index (χ4n) is 3.35. The van der Waals surface area contributed by atoms with Crippen molar-refractivity contribution in [3.63, 3.8) is 0 Å². The van der Waals surface area contributed by atoms with Crippen molar-refractivity contribution in [3.05, 3.63) is 64.7 Å². The topological polar surface area (TPSA) is 41.6 Å². The molecule has 27 heavy (non-hydrogen) atoms. The number of ether oxygens (including phenoxy) is 1. The van der Waals surface area contributed by atoms with Gasteiger partial charge in [-0.15, -0.1) is 0 Å². The number of carbonyl (C=O) groups is 1. The Kier molecular flexibility index (Phi) is 7.13. The van der Waals surface area contributed by atoms with E-state index in [4.69, 9.17) is 16.3 Å². The molecule has 1 atom stereocenters. The Morgan fingerprint density at radius 2 is 1.74 bits per heavy atom. The van der Waals surface area contributed by atoms with E-state index in [2.05, 4.69) is 28.4 Å².